The van der Waals surface area contributed by atoms with Crippen molar-refractivity contribution < 1.29 is 0 Å². The van der Waals surface area contributed by atoms with Crippen molar-refractivity contribution in [2.24, 2.45) is 0 Å². The summed E-state index contributed by atoms with van der Waals surface area (Å²) in [6, 6.07) is 8.21. The topological polar surface area (TPSA) is 53.6 Å². The zero-order chi connectivity index (χ0) is 23.6. The van der Waals surface area contributed by atoms with Gasteiger partial charge in [-0.15, -0.1) is 0 Å². The van der Waals surface area contributed by atoms with Crippen molar-refractivity contribution in [1.29, 1.82) is 0 Å². The third-order valence-electron chi connectivity index (χ3n) is 8.43. The van der Waals surface area contributed by atoms with Crippen molar-refractivity contribution in [2.75, 3.05) is 6.67 Å². The van der Waals surface area contributed by atoms with Crippen LogP contribution in [0.25, 0.3) is 32.7 Å². The molecule has 2 fully saturated rings. The number of aromatic amines is 1. The van der Waals surface area contributed by atoms with Gasteiger partial charge >= 0.3 is 0 Å². The summed E-state index contributed by atoms with van der Waals surface area (Å²) in [5.41, 5.74) is 9.78. The number of benzene rings is 1. The number of fused-ring (bicyclic) bond motifs is 4. The molecule has 6 heteroatoms. The second-order valence-electron chi connectivity index (χ2n) is 10.6. The Balaban J connectivity index is 1.44. The van der Waals surface area contributed by atoms with E-state index < -0.39 is 0 Å². The quantitative estimate of drug-likeness (QED) is 0.375. The number of pyridine rings is 1. The van der Waals surface area contributed by atoms with E-state index in [0.29, 0.717) is 30.6 Å². The van der Waals surface area contributed by atoms with Crippen molar-refractivity contribution >= 4 is 16.6 Å². The van der Waals surface area contributed by atoms with Gasteiger partial charge in [0.1, 0.15) is 6.33 Å². The molecule has 1 N–H and O–H groups in total. The fourth-order valence-electron chi connectivity index (χ4n) is 6.61. The largest absolute Gasteiger partial charge is 0.354 e. The van der Waals surface area contributed by atoms with Crippen LogP contribution in [0, 0.1) is 20.4 Å². The molecule has 1 aromatic carbocycles. The standard InChI is InChI=1S/C28H32N6/c1-16(2)26-23-12-19(20-10-21-7-8-22(11-20)33(21)15-29-5)6-9-25(23)32-27(26)24-13-34-28(30-14-31-34)18(4)17(24)3/h6,9,12-14,16,20-22,32H,7-8,10-11,15H2,1-4H3. The predicted octanol–water partition coefficient (Wildman–Crippen LogP) is 6.21. The van der Waals surface area contributed by atoms with Crippen LogP contribution in [0.4, 0.5) is 0 Å². The van der Waals surface area contributed by atoms with Gasteiger partial charge in [0.05, 0.1) is 5.69 Å². The number of nitrogens with zero attached hydrogens (tertiary/aromatic N) is 5. The Morgan fingerprint density at radius 1 is 1.15 bits per heavy atom. The molecule has 6 rings (SSSR count). The first kappa shape index (κ1) is 21.4. The normalized spacial score (nSPS) is 22.8. The maximum atomic E-state index is 7.32. The molecule has 0 radical (unpaired) electrons. The van der Waals surface area contributed by atoms with E-state index in [-0.39, 0.29) is 0 Å². The highest BCUT2D eigenvalue weighted by atomic mass is 15.3. The summed E-state index contributed by atoms with van der Waals surface area (Å²) in [4.78, 5) is 14.4. The molecule has 5 heterocycles. The summed E-state index contributed by atoms with van der Waals surface area (Å²) in [6.07, 6.45) is 8.58. The molecule has 0 amide bonds. The van der Waals surface area contributed by atoms with Gasteiger partial charge < -0.3 is 4.98 Å². The van der Waals surface area contributed by atoms with E-state index in [1.807, 2.05) is 4.52 Å². The van der Waals surface area contributed by atoms with Crippen LogP contribution in [-0.4, -0.2) is 43.2 Å². The van der Waals surface area contributed by atoms with E-state index in [1.54, 1.807) is 6.33 Å². The van der Waals surface area contributed by atoms with Gasteiger partial charge in [-0.2, -0.15) is 5.10 Å². The molecular weight excluding hydrogens is 420 g/mol. The number of aryl methyl sites for hydroxylation is 1. The molecule has 0 saturated carbocycles. The Bertz CT molecular complexity index is 1420. The molecule has 6 nitrogen and oxygen atoms in total. The zero-order valence-electron chi connectivity index (χ0n) is 20.5. The summed E-state index contributed by atoms with van der Waals surface area (Å²) in [5, 5.41) is 5.76. The third kappa shape index (κ3) is 3.18. The van der Waals surface area contributed by atoms with Crippen molar-refractivity contribution in [3.8, 4) is 11.3 Å². The van der Waals surface area contributed by atoms with Gasteiger partial charge in [0.15, 0.2) is 5.65 Å². The molecule has 2 unspecified atom stereocenters. The van der Waals surface area contributed by atoms with Gasteiger partial charge in [-0.3, -0.25) is 4.85 Å². The Labute approximate surface area is 200 Å². The van der Waals surface area contributed by atoms with Gasteiger partial charge in [0, 0.05) is 34.7 Å². The van der Waals surface area contributed by atoms with Crippen LogP contribution in [-0.2, 0) is 0 Å². The summed E-state index contributed by atoms with van der Waals surface area (Å²) in [7, 11) is 0. The first-order valence-corrected chi connectivity index (χ1v) is 12.5. The summed E-state index contributed by atoms with van der Waals surface area (Å²) in [5.74, 6) is 0.972. The first-order chi connectivity index (χ1) is 16.5. The number of hydrogen-bond acceptors (Lipinski definition) is 3. The van der Waals surface area contributed by atoms with Crippen LogP contribution >= 0.6 is 0 Å². The van der Waals surface area contributed by atoms with E-state index in [9.17, 15) is 0 Å². The van der Waals surface area contributed by atoms with E-state index in [1.165, 1.54) is 70.1 Å². The van der Waals surface area contributed by atoms with Crippen molar-refractivity contribution in [3.05, 3.63) is 64.4 Å². The third-order valence-corrected chi connectivity index (χ3v) is 8.43. The molecule has 4 aromatic rings. The van der Waals surface area contributed by atoms with E-state index >= 15 is 0 Å². The van der Waals surface area contributed by atoms with Crippen LogP contribution in [0.3, 0.4) is 0 Å². The maximum Gasteiger partial charge on any atom is 0.271 e. The monoisotopic (exact) mass is 452 g/mol. The van der Waals surface area contributed by atoms with Crippen LogP contribution in [0.2, 0.25) is 0 Å². The average Bonchev–Trinajstić information content (AvgIpc) is 3.50. The molecule has 2 atom stereocenters. The number of nitrogens with one attached hydrogen (secondary N) is 1. The SMILES string of the molecule is [C-]#[N+]CN1C2CCC1CC(c1ccc3[nH]c(-c4cn5ncnc5c(C)c4C)c(C(C)C)c3c1)C2. The van der Waals surface area contributed by atoms with Crippen molar-refractivity contribution in [1.82, 2.24) is 24.5 Å². The Kier molecular flexibility index (Phi) is 5.00. The van der Waals surface area contributed by atoms with E-state index in [0.717, 1.165) is 5.65 Å². The van der Waals surface area contributed by atoms with Gasteiger partial charge in [-0.1, -0.05) is 19.9 Å². The molecule has 2 aliphatic rings. The minimum absolute atomic E-state index is 0.391. The fourth-order valence-corrected chi connectivity index (χ4v) is 6.61. The van der Waals surface area contributed by atoms with E-state index in [2.05, 4.69) is 76.9 Å². The minimum Gasteiger partial charge on any atom is -0.354 e. The van der Waals surface area contributed by atoms with Crippen LogP contribution in [0.1, 0.15) is 73.6 Å². The summed E-state index contributed by atoms with van der Waals surface area (Å²) in [6.45, 7) is 16.8. The fraction of sp³-hybridized carbons (Fsp3) is 0.464. The number of aromatic nitrogens is 4. The highest BCUT2D eigenvalue weighted by Gasteiger charge is 2.42. The maximum absolute atomic E-state index is 7.32. The van der Waals surface area contributed by atoms with Crippen molar-refractivity contribution in [2.45, 2.75) is 77.3 Å². The minimum atomic E-state index is 0.391. The highest BCUT2D eigenvalue weighted by Crippen LogP contribution is 2.45. The smallest absolute Gasteiger partial charge is 0.271 e. The van der Waals surface area contributed by atoms with Crippen LogP contribution in [0.5, 0.6) is 0 Å². The molecule has 3 aromatic heterocycles. The lowest BCUT2D eigenvalue weighted by Gasteiger charge is -2.36. The molecular formula is C28H32N6. The highest BCUT2D eigenvalue weighted by molar-refractivity contribution is 5.92. The van der Waals surface area contributed by atoms with Crippen LogP contribution in [0.15, 0.2) is 30.7 Å². The Hall–Kier alpha value is -3.17. The van der Waals surface area contributed by atoms with Gasteiger partial charge in [-0.05, 0) is 85.8 Å². The molecule has 2 aliphatic heterocycles. The molecule has 0 spiro atoms. The lowest BCUT2D eigenvalue weighted by Crippen LogP contribution is -2.41. The molecule has 2 saturated heterocycles. The molecule has 34 heavy (non-hydrogen) atoms. The number of hydrogen-bond donors (Lipinski definition) is 1. The van der Waals surface area contributed by atoms with Gasteiger partial charge in [0.2, 0.25) is 0 Å². The first-order valence-electron chi connectivity index (χ1n) is 12.5. The average molecular weight is 453 g/mol. The number of H-pyrrole nitrogens is 1. The molecule has 174 valence electrons. The van der Waals surface area contributed by atoms with Gasteiger partial charge in [0.25, 0.3) is 6.67 Å². The van der Waals surface area contributed by atoms with E-state index in [4.69, 9.17) is 6.57 Å². The second-order valence-corrected chi connectivity index (χ2v) is 10.6. The Morgan fingerprint density at radius 2 is 1.91 bits per heavy atom. The predicted molar refractivity (Wildman–Crippen MR) is 136 cm³/mol. The molecule has 2 bridgehead atoms. The second kappa shape index (κ2) is 7.95. The van der Waals surface area contributed by atoms with Crippen molar-refractivity contribution in [3.63, 3.8) is 0 Å². The lowest BCUT2D eigenvalue weighted by atomic mass is 9.84. The zero-order valence-corrected chi connectivity index (χ0v) is 20.5. The lowest BCUT2D eigenvalue weighted by molar-refractivity contribution is 0.141. The molecule has 0 aliphatic carbocycles. The summed E-state index contributed by atoms with van der Waals surface area (Å²) < 4.78 is 1.89. The number of piperidine rings is 1. The number of rotatable bonds is 4. The van der Waals surface area contributed by atoms with Gasteiger partial charge in [-0.25, -0.2) is 21.0 Å². The summed E-state index contributed by atoms with van der Waals surface area (Å²) >= 11 is 0. The van der Waals surface area contributed by atoms with Crippen LogP contribution < -0.4 is 0 Å². The Morgan fingerprint density at radius 3 is 2.62 bits per heavy atom.